The van der Waals surface area contributed by atoms with Crippen molar-refractivity contribution in [1.29, 1.82) is 0 Å². The molecule has 2 aliphatic rings. The van der Waals surface area contributed by atoms with E-state index < -0.39 is 11.7 Å². The van der Waals surface area contributed by atoms with Crippen molar-refractivity contribution in [2.75, 3.05) is 18.4 Å². The van der Waals surface area contributed by atoms with Gasteiger partial charge in [-0.3, -0.25) is 9.69 Å². The molecule has 1 aromatic carbocycles. The second kappa shape index (κ2) is 6.51. The van der Waals surface area contributed by atoms with Crippen molar-refractivity contribution < 1.29 is 18.0 Å². The Morgan fingerprint density at radius 1 is 1.17 bits per heavy atom. The molecule has 6 heteroatoms. The van der Waals surface area contributed by atoms with Crippen LogP contribution < -0.4 is 5.32 Å². The lowest BCUT2D eigenvalue weighted by Crippen LogP contribution is -2.28. The molecule has 1 aliphatic heterocycles. The lowest BCUT2D eigenvalue weighted by Gasteiger charge is -2.24. The van der Waals surface area contributed by atoms with Crippen LogP contribution in [0.2, 0.25) is 0 Å². The monoisotopic (exact) mass is 326 g/mol. The van der Waals surface area contributed by atoms with Crippen LogP contribution in [0.15, 0.2) is 18.2 Å². The van der Waals surface area contributed by atoms with Gasteiger partial charge in [0, 0.05) is 18.2 Å². The Balaban J connectivity index is 1.78. The van der Waals surface area contributed by atoms with Crippen LogP contribution in [-0.4, -0.2) is 23.9 Å². The molecule has 0 bridgehead atoms. The van der Waals surface area contributed by atoms with Crippen molar-refractivity contribution in [3.63, 3.8) is 0 Å². The second-order valence-corrected chi connectivity index (χ2v) is 6.47. The van der Waals surface area contributed by atoms with Gasteiger partial charge >= 0.3 is 6.18 Å². The summed E-state index contributed by atoms with van der Waals surface area (Å²) in [5.74, 6) is -0.217. The molecule has 1 heterocycles. The molecule has 2 fully saturated rings. The van der Waals surface area contributed by atoms with Gasteiger partial charge < -0.3 is 5.32 Å². The third-order valence-electron chi connectivity index (χ3n) is 4.75. The van der Waals surface area contributed by atoms with Crippen LogP contribution in [0.3, 0.4) is 0 Å². The number of hydrogen-bond donors (Lipinski definition) is 1. The minimum Gasteiger partial charge on any atom is -0.326 e. The predicted octanol–water partition coefficient (Wildman–Crippen LogP) is 4.04. The largest absolute Gasteiger partial charge is 0.416 e. The first-order valence-electron chi connectivity index (χ1n) is 8.17. The average molecular weight is 326 g/mol. The van der Waals surface area contributed by atoms with Gasteiger partial charge in [0.2, 0.25) is 5.91 Å². The number of benzene rings is 1. The smallest absolute Gasteiger partial charge is 0.326 e. The van der Waals surface area contributed by atoms with E-state index in [9.17, 15) is 18.0 Å². The van der Waals surface area contributed by atoms with Gasteiger partial charge in [0.15, 0.2) is 0 Å². The second-order valence-electron chi connectivity index (χ2n) is 6.47. The Labute approximate surface area is 133 Å². The van der Waals surface area contributed by atoms with Crippen LogP contribution in [-0.2, 0) is 17.5 Å². The van der Waals surface area contributed by atoms with E-state index >= 15 is 0 Å². The minimum absolute atomic E-state index is 0.0476. The van der Waals surface area contributed by atoms with E-state index in [2.05, 4.69) is 5.32 Å². The Kier molecular flexibility index (Phi) is 4.62. The molecule has 3 rings (SSSR count). The number of nitrogens with one attached hydrogen (secondary N) is 1. The molecular weight excluding hydrogens is 305 g/mol. The van der Waals surface area contributed by atoms with Crippen molar-refractivity contribution in [2.45, 2.75) is 44.8 Å². The number of rotatable bonds is 4. The van der Waals surface area contributed by atoms with Crippen molar-refractivity contribution in [1.82, 2.24) is 4.90 Å². The van der Waals surface area contributed by atoms with Gasteiger partial charge in [-0.2, -0.15) is 13.2 Å². The number of amides is 1. The third-order valence-corrected chi connectivity index (χ3v) is 4.75. The molecule has 0 atom stereocenters. The predicted molar refractivity (Wildman–Crippen MR) is 81.9 cm³/mol. The molecule has 1 aliphatic carbocycles. The average Bonchev–Trinajstić information content (AvgIpc) is 2.90. The van der Waals surface area contributed by atoms with Gasteiger partial charge in [0.1, 0.15) is 0 Å². The Morgan fingerprint density at radius 3 is 2.43 bits per heavy atom. The van der Waals surface area contributed by atoms with Crippen molar-refractivity contribution in [3.05, 3.63) is 29.3 Å². The molecule has 0 aromatic heterocycles. The molecular formula is C17H21F3N2O. The maximum atomic E-state index is 13.3. The molecule has 1 saturated heterocycles. The fraction of sp³-hybridized carbons (Fsp3) is 0.588. The molecule has 0 spiro atoms. The third kappa shape index (κ3) is 3.86. The van der Waals surface area contributed by atoms with Crippen molar-refractivity contribution in [2.24, 2.45) is 5.92 Å². The van der Waals surface area contributed by atoms with Crippen molar-refractivity contribution in [3.8, 4) is 0 Å². The summed E-state index contributed by atoms with van der Waals surface area (Å²) in [6.07, 6.45) is 0.330. The first-order valence-corrected chi connectivity index (χ1v) is 8.17. The van der Waals surface area contributed by atoms with Gasteiger partial charge in [0.05, 0.1) is 5.56 Å². The summed E-state index contributed by atoms with van der Waals surface area (Å²) < 4.78 is 40.0. The van der Waals surface area contributed by atoms with Crippen LogP contribution >= 0.6 is 0 Å². The molecule has 23 heavy (non-hydrogen) atoms. The van der Waals surface area contributed by atoms with Gasteiger partial charge in [-0.1, -0.05) is 12.5 Å². The van der Waals surface area contributed by atoms with Crippen LogP contribution in [0.4, 0.5) is 18.9 Å². The lowest BCUT2D eigenvalue weighted by atomic mass is 9.85. The molecule has 0 radical (unpaired) electrons. The van der Waals surface area contributed by atoms with E-state index in [4.69, 9.17) is 0 Å². The Hall–Kier alpha value is -1.56. The van der Waals surface area contributed by atoms with Crippen molar-refractivity contribution >= 4 is 11.6 Å². The number of hydrogen-bond acceptors (Lipinski definition) is 2. The van der Waals surface area contributed by atoms with E-state index in [1.807, 2.05) is 4.90 Å². The normalized spacial score (nSPS) is 19.6. The number of halogens is 3. The Morgan fingerprint density at radius 2 is 1.87 bits per heavy atom. The molecule has 126 valence electrons. The molecule has 1 aromatic rings. The van der Waals surface area contributed by atoms with Crippen LogP contribution in [0.25, 0.3) is 0 Å². The molecule has 3 nitrogen and oxygen atoms in total. The zero-order valence-corrected chi connectivity index (χ0v) is 13.0. The number of likely N-dealkylation sites (tertiary alicyclic amines) is 1. The molecule has 0 unspecified atom stereocenters. The van der Waals surface area contributed by atoms with Gasteiger partial charge in [-0.05, 0) is 56.5 Å². The summed E-state index contributed by atoms with van der Waals surface area (Å²) in [5.41, 5.74) is -0.128. The highest BCUT2D eigenvalue weighted by atomic mass is 19.4. The van der Waals surface area contributed by atoms with Gasteiger partial charge in [0.25, 0.3) is 0 Å². The number of carbonyl (C=O) groups excluding carboxylic acids is 1. The summed E-state index contributed by atoms with van der Waals surface area (Å²) in [7, 11) is 0. The highest BCUT2D eigenvalue weighted by molar-refractivity contribution is 5.93. The number of nitrogens with zero attached hydrogens (tertiary/aromatic N) is 1. The van der Waals surface area contributed by atoms with Crippen LogP contribution in [0.1, 0.15) is 43.2 Å². The first kappa shape index (κ1) is 16.3. The zero-order chi connectivity index (χ0) is 16.4. The fourth-order valence-corrected chi connectivity index (χ4v) is 3.15. The van der Waals surface area contributed by atoms with E-state index in [1.165, 1.54) is 6.07 Å². The van der Waals surface area contributed by atoms with E-state index in [0.29, 0.717) is 6.54 Å². The van der Waals surface area contributed by atoms with Gasteiger partial charge in [-0.25, -0.2) is 0 Å². The first-order chi connectivity index (χ1) is 10.9. The standard InChI is InChI=1S/C17H21F3N2O/c18-17(19,20)15-10-14(21-16(23)12-4-3-5-12)7-6-13(15)11-22-8-1-2-9-22/h6-7,10,12H,1-5,8-9,11H2,(H,21,23). The maximum Gasteiger partial charge on any atom is 0.416 e. The fourth-order valence-electron chi connectivity index (χ4n) is 3.15. The van der Waals surface area contributed by atoms with E-state index in [0.717, 1.165) is 51.3 Å². The van der Waals surface area contributed by atoms with E-state index in [1.54, 1.807) is 6.07 Å². The SMILES string of the molecule is O=C(Nc1ccc(CN2CCCC2)c(C(F)(F)F)c1)C1CCC1. The quantitative estimate of drug-likeness (QED) is 0.906. The zero-order valence-electron chi connectivity index (χ0n) is 13.0. The summed E-state index contributed by atoms with van der Waals surface area (Å²) in [6, 6.07) is 4.15. The minimum atomic E-state index is -4.41. The lowest BCUT2D eigenvalue weighted by molar-refractivity contribution is -0.138. The highest BCUT2D eigenvalue weighted by Gasteiger charge is 2.34. The number of alkyl halides is 3. The Bertz CT molecular complexity index is 576. The summed E-state index contributed by atoms with van der Waals surface area (Å²) in [4.78, 5) is 14.0. The number of anilines is 1. The summed E-state index contributed by atoms with van der Waals surface area (Å²) in [6.45, 7) is 2.00. The molecule has 1 saturated carbocycles. The molecule has 1 N–H and O–H groups in total. The number of carbonyl (C=O) groups is 1. The van der Waals surface area contributed by atoms with Gasteiger partial charge in [-0.15, -0.1) is 0 Å². The highest BCUT2D eigenvalue weighted by Crippen LogP contribution is 2.35. The summed E-state index contributed by atoms with van der Waals surface area (Å²) >= 11 is 0. The van der Waals surface area contributed by atoms with E-state index in [-0.39, 0.29) is 23.1 Å². The molecule has 1 amide bonds. The topological polar surface area (TPSA) is 32.3 Å². The van der Waals surface area contributed by atoms with Crippen LogP contribution in [0.5, 0.6) is 0 Å². The van der Waals surface area contributed by atoms with Crippen LogP contribution in [0, 0.1) is 5.92 Å². The summed E-state index contributed by atoms with van der Waals surface area (Å²) in [5, 5.41) is 2.62. The maximum absolute atomic E-state index is 13.3.